The molecule has 4 rings (SSSR count). The van der Waals surface area contributed by atoms with Gasteiger partial charge < -0.3 is 12.4 Å². The van der Waals surface area contributed by atoms with E-state index in [-0.39, 0.29) is 31.9 Å². The van der Waals surface area contributed by atoms with Crippen LogP contribution in [-0.4, -0.2) is 0 Å². The van der Waals surface area contributed by atoms with Crippen molar-refractivity contribution in [3.05, 3.63) is 83.7 Å². The molecule has 2 aromatic carbocycles. The summed E-state index contributed by atoms with van der Waals surface area (Å²) in [7, 11) is 0. The minimum absolute atomic E-state index is 0. The van der Waals surface area contributed by atoms with E-state index in [1.165, 1.54) is 36.9 Å². The molecule has 25 heavy (non-hydrogen) atoms. The first-order valence-electron chi connectivity index (χ1n) is 7.53. The third-order valence-corrected chi connectivity index (χ3v) is 6.00. The van der Waals surface area contributed by atoms with Gasteiger partial charge in [0.2, 0.25) is 0 Å². The normalized spacial score (nSPS) is 9.96. The summed E-state index contributed by atoms with van der Waals surface area (Å²) in [5, 5.41) is 3.16. The van der Waals surface area contributed by atoms with Crippen molar-refractivity contribution in [1.82, 2.24) is 0 Å². The van der Waals surface area contributed by atoms with Crippen molar-refractivity contribution >= 4 is 22.7 Å². The van der Waals surface area contributed by atoms with E-state index in [9.17, 15) is 0 Å². The largest absolute Gasteiger partial charge is 2.00 e. The SMILES string of the molecule is Cc1ccc(-c2ccc(-c3ccc(-c4cc[c-]s4)s3)cc2)cc1.[Cl-].[Zn+2]. The van der Waals surface area contributed by atoms with E-state index >= 15 is 0 Å². The first-order chi connectivity index (χ1) is 11.3. The molecule has 0 radical (unpaired) electrons. The van der Waals surface area contributed by atoms with Crippen LogP contribution in [0, 0.1) is 12.3 Å². The maximum absolute atomic E-state index is 3.16. The number of hydrogen-bond donors (Lipinski definition) is 0. The molecule has 0 aliphatic rings. The molecule has 2 heterocycles. The van der Waals surface area contributed by atoms with E-state index in [2.05, 4.69) is 79.0 Å². The summed E-state index contributed by atoms with van der Waals surface area (Å²) in [6, 6.07) is 26.0. The molecule has 0 nitrogen and oxygen atoms in total. The maximum atomic E-state index is 3.16. The van der Waals surface area contributed by atoms with Crippen LogP contribution in [0.2, 0.25) is 0 Å². The van der Waals surface area contributed by atoms with Crippen molar-refractivity contribution in [3.63, 3.8) is 0 Å². The summed E-state index contributed by atoms with van der Waals surface area (Å²) in [6.45, 7) is 2.12. The Bertz CT molecular complexity index is 907. The van der Waals surface area contributed by atoms with Gasteiger partial charge in [-0.05, 0) is 34.6 Å². The van der Waals surface area contributed by atoms with E-state index < -0.39 is 0 Å². The predicted molar refractivity (Wildman–Crippen MR) is 102 cm³/mol. The Kier molecular flexibility index (Phi) is 7.16. The summed E-state index contributed by atoms with van der Waals surface area (Å²) in [6.07, 6.45) is 0. The van der Waals surface area contributed by atoms with E-state index in [0.29, 0.717) is 0 Å². The standard InChI is InChI=1S/C21H15S2.ClH.Zn/c1-15-4-6-16(7-5-15)17-8-10-18(11-9-17)19-12-13-21(23-19)20-3-2-14-22-20;;/h2-13H,1H3;1H;/q-1;;+2/p-1. The average molecular weight is 432 g/mol. The number of hydrogen-bond acceptors (Lipinski definition) is 2. The Balaban J connectivity index is 0.00000113. The first kappa shape index (κ1) is 20.1. The summed E-state index contributed by atoms with van der Waals surface area (Å²) in [5.41, 5.74) is 5.10. The third kappa shape index (κ3) is 4.48. The summed E-state index contributed by atoms with van der Waals surface area (Å²) >= 11 is 3.51. The van der Waals surface area contributed by atoms with Gasteiger partial charge in [0.1, 0.15) is 0 Å². The molecule has 0 amide bonds. The molecule has 0 fully saturated rings. The fraction of sp³-hybridized carbons (Fsp3) is 0.0476. The molecular formula is C21H15ClS2Zn. The molecule has 2 aromatic heterocycles. The minimum atomic E-state index is 0. The summed E-state index contributed by atoms with van der Waals surface area (Å²) < 4.78 is 0. The fourth-order valence-electron chi connectivity index (χ4n) is 2.57. The topological polar surface area (TPSA) is 0 Å². The molecule has 0 atom stereocenters. The van der Waals surface area contributed by atoms with E-state index in [0.717, 1.165) is 0 Å². The van der Waals surface area contributed by atoms with E-state index in [4.69, 9.17) is 0 Å². The second-order valence-corrected chi connectivity index (χ2v) is 7.49. The van der Waals surface area contributed by atoms with Crippen molar-refractivity contribution in [1.29, 1.82) is 0 Å². The van der Waals surface area contributed by atoms with Gasteiger partial charge in [0.05, 0.1) is 0 Å². The summed E-state index contributed by atoms with van der Waals surface area (Å²) in [4.78, 5) is 3.91. The molecular weight excluding hydrogens is 417 g/mol. The van der Waals surface area contributed by atoms with Crippen molar-refractivity contribution < 1.29 is 31.9 Å². The zero-order valence-electron chi connectivity index (χ0n) is 13.8. The van der Waals surface area contributed by atoms with Gasteiger partial charge >= 0.3 is 19.5 Å². The zero-order valence-corrected chi connectivity index (χ0v) is 19.2. The zero-order chi connectivity index (χ0) is 15.6. The second kappa shape index (κ2) is 8.91. The molecule has 4 heteroatoms. The predicted octanol–water partition coefficient (Wildman–Crippen LogP) is 3.92. The number of thiophene rings is 2. The van der Waals surface area contributed by atoms with Gasteiger partial charge in [0.15, 0.2) is 0 Å². The number of benzene rings is 2. The van der Waals surface area contributed by atoms with Crippen LogP contribution in [0.1, 0.15) is 5.56 Å². The van der Waals surface area contributed by atoms with Gasteiger partial charge in [-0.1, -0.05) is 60.2 Å². The Morgan fingerprint density at radius 1 is 0.640 bits per heavy atom. The van der Waals surface area contributed by atoms with Crippen LogP contribution in [-0.2, 0) is 19.5 Å². The minimum Gasteiger partial charge on any atom is -1.00 e. The van der Waals surface area contributed by atoms with E-state index in [1.54, 1.807) is 11.3 Å². The van der Waals surface area contributed by atoms with Gasteiger partial charge in [-0.15, -0.1) is 21.6 Å². The molecule has 0 saturated heterocycles. The van der Waals surface area contributed by atoms with Crippen molar-refractivity contribution in [2.24, 2.45) is 0 Å². The van der Waals surface area contributed by atoms with Crippen LogP contribution in [0.5, 0.6) is 0 Å². The van der Waals surface area contributed by atoms with Gasteiger partial charge in [0, 0.05) is 4.88 Å². The van der Waals surface area contributed by atoms with E-state index in [1.807, 2.05) is 17.4 Å². The van der Waals surface area contributed by atoms with Crippen molar-refractivity contribution in [3.8, 4) is 31.3 Å². The monoisotopic (exact) mass is 430 g/mol. The van der Waals surface area contributed by atoms with Crippen LogP contribution in [0.3, 0.4) is 0 Å². The van der Waals surface area contributed by atoms with Crippen LogP contribution in [0.4, 0.5) is 0 Å². The van der Waals surface area contributed by atoms with Crippen molar-refractivity contribution in [2.75, 3.05) is 0 Å². The number of aryl methyl sites for hydroxylation is 1. The van der Waals surface area contributed by atoms with Crippen LogP contribution >= 0.6 is 22.7 Å². The molecule has 0 bridgehead atoms. The molecule has 4 aromatic rings. The molecule has 120 valence electrons. The first-order valence-corrected chi connectivity index (χ1v) is 9.16. The van der Waals surface area contributed by atoms with Crippen molar-refractivity contribution in [2.45, 2.75) is 6.92 Å². The van der Waals surface area contributed by atoms with Crippen LogP contribution in [0.25, 0.3) is 31.3 Å². The smallest absolute Gasteiger partial charge is 1.00 e. The van der Waals surface area contributed by atoms with Gasteiger partial charge in [-0.3, -0.25) is 11.3 Å². The maximum Gasteiger partial charge on any atom is 2.00 e. The molecule has 0 saturated carbocycles. The fourth-order valence-corrected chi connectivity index (χ4v) is 4.32. The van der Waals surface area contributed by atoms with Crippen LogP contribution in [0.15, 0.2) is 72.8 Å². The Labute approximate surface area is 175 Å². The molecule has 0 unspecified atom stereocenters. The van der Waals surface area contributed by atoms with Gasteiger partial charge in [-0.2, -0.15) is 12.1 Å². The van der Waals surface area contributed by atoms with Gasteiger partial charge in [-0.25, -0.2) is 0 Å². The van der Waals surface area contributed by atoms with Crippen LogP contribution < -0.4 is 12.4 Å². The van der Waals surface area contributed by atoms with Gasteiger partial charge in [0.25, 0.3) is 0 Å². The Hall–Kier alpha value is -1.25. The average Bonchev–Trinajstić information content (AvgIpc) is 3.27. The molecule has 0 N–H and O–H groups in total. The summed E-state index contributed by atoms with van der Waals surface area (Å²) in [5.74, 6) is 0. The Morgan fingerprint density at radius 2 is 1.20 bits per heavy atom. The third-order valence-electron chi connectivity index (χ3n) is 3.87. The molecule has 0 aliphatic carbocycles. The quantitative estimate of drug-likeness (QED) is 0.340. The second-order valence-electron chi connectivity index (χ2n) is 5.52. The number of rotatable bonds is 3. The molecule has 0 spiro atoms. The molecule has 0 aliphatic heterocycles. The number of halogens is 1. The Morgan fingerprint density at radius 3 is 1.80 bits per heavy atom.